The molecule has 0 fully saturated rings. The van der Waals surface area contributed by atoms with Crippen LogP contribution in [0.5, 0.6) is 0 Å². The van der Waals surface area contributed by atoms with Crippen LogP contribution in [0, 0.1) is 0 Å². The molecule has 98 valence electrons. The van der Waals surface area contributed by atoms with Crippen molar-refractivity contribution in [3.8, 4) is 0 Å². The molecule has 3 nitrogen and oxygen atoms in total. The first kappa shape index (κ1) is 13.6. The van der Waals surface area contributed by atoms with Crippen LogP contribution in [-0.2, 0) is 11.8 Å². The van der Waals surface area contributed by atoms with Crippen molar-refractivity contribution in [2.45, 2.75) is 24.7 Å². The van der Waals surface area contributed by atoms with Gasteiger partial charge >= 0.3 is 24.7 Å². The molecule has 0 saturated heterocycles. The summed E-state index contributed by atoms with van der Waals surface area (Å²) in [5, 5.41) is 3.46. The number of alkyl halides is 8. The van der Waals surface area contributed by atoms with Crippen molar-refractivity contribution in [3.05, 3.63) is 11.6 Å². The molecule has 17 heavy (non-hydrogen) atoms. The summed E-state index contributed by atoms with van der Waals surface area (Å²) < 4.78 is 97.4. The van der Waals surface area contributed by atoms with Crippen LogP contribution in [0.1, 0.15) is 11.6 Å². The van der Waals surface area contributed by atoms with Crippen LogP contribution in [0.15, 0.2) is 0 Å². The lowest BCUT2D eigenvalue weighted by atomic mass is 10.3. The summed E-state index contributed by atoms with van der Waals surface area (Å²) in [7, 11) is 0. The largest absolute Gasteiger partial charge is 0.367 e. The third-order valence-corrected chi connectivity index (χ3v) is 1.65. The van der Waals surface area contributed by atoms with Crippen LogP contribution in [0.2, 0.25) is 0 Å². The zero-order valence-electron chi connectivity index (χ0n) is 7.57. The van der Waals surface area contributed by atoms with E-state index >= 15 is 0 Å². The van der Waals surface area contributed by atoms with Gasteiger partial charge in [-0.25, -0.2) is 22.5 Å². The zero-order chi connectivity index (χ0) is 13.4. The Kier molecular flexibility index (Phi) is 3.30. The zero-order valence-corrected chi connectivity index (χ0v) is 7.57. The quantitative estimate of drug-likeness (QED) is 0.853. The van der Waals surface area contributed by atoms with Crippen LogP contribution >= 0.6 is 0 Å². The van der Waals surface area contributed by atoms with Gasteiger partial charge in [0, 0.05) is 0 Å². The van der Waals surface area contributed by atoms with Gasteiger partial charge in [0.1, 0.15) is 0 Å². The molecule has 0 aliphatic heterocycles. The number of aromatic nitrogens is 3. The molecule has 0 aromatic carbocycles. The monoisotopic (exact) mass is 269 g/mol. The summed E-state index contributed by atoms with van der Waals surface area (Å²) >= 11 is 0. The number of rotatable bonds is 4. The van der Waals surface area contributed by atoms with Gasteiger partial charge in [-0.1, -0.05) is 0 Å². The Morgan fingerprint density at radius 1 is 0.882 bits per heavy atom. The summed E-state index contributed by atoms with van der Waals surface area (Å²) in [6, 6.07) is 0. The van der Waals surface area contributed by atoms with Gasteiger partial charge in [0.25, 0.3) is 0 Å². The molecule has 0 aliphatic carbocycles. The topological polar surface area (TPSA) is 41.6 Å². The molecule has 1 aromatic rings. The second-order valence-electron chi connectivity index (χ2n) is 2.85. The standard InChI is InChI=1S/C6H3F8N3/c7-1(8)5(11,12)3-15-4(17-16-3)6(13,14)2(9)10/h1-2H,(H,15,16,17). The number of hydrogen-bond acceptors (Lipinski definition) is 2. The number of aromatic amines is 1. The molecule has 11 heteroatoms. The Bertz CT molecular complexity index is 352. The van der Waals surface area contributed by atoms with Gasteiger partial charge in [-0.3, -0.25) is 5.10 Å². The summed E-state index contributed by atoms with van der Waals surface area (Å²) in [5.74, 6) is -13.6. The van der Waals surface area contributed by atoms with E-state index in [1.54, 1.807) is 0 Å². The molecule has 1 heterocycles. The van der Waals surface area contributed by atoms with E-state index in [0.29, 0.717) is 0 Å². The van der Waals surface area contributed by atoms with Crippen LogP contribution in [0.3, 0.4) is 0 Å². The second-order valence-corrected chi connectivity index (χ2v) is 2.85. The second kappa shape index (κ2) is 4.11. The van der Waals surface area contributed by atoms with Gasteiger partial charge in [0.05, 0.1) is 0 Å². The van der Waals surface area contributed by atoms with Gasteiger partial charge in [0.2, 0.25) is 11.6 Å². The fourth-order valence-corrected chi connectivity index (χ4v) is 0.761. The first-order chi connectivity index (χ1) is 7.60. The van der Waals surface area contributed by atoms with Gasteiger partial charge in [-0.2, -0.15) is 22.7 Å². The lowest BCUT2D eigenvalue weighted by Gasteiger charge is -2.12. The van der Waals surface area contributed by atoms with Crippen molar-refractivity contribution in [3.63, 3.8) is 0 Å². The Balaban J connectivity index is 3.09. The molecule has 1 N–H and O–H groups in total. The first-order valence-corrected chi connectivity index (χ1v) is 3.85. The van der Waals surface area contributed by atoms with E-state index in [1.807, 2.05) is 0 Å². The Labute approximate surface area is 87.8 Å². The third kappa shape index (κ3) is 2.31. The maximum Gasteiger partial charge on any atom is 0.367 e. The average Bonchev–Trinajstić information content (AvgIpc) is 2.66. The highest BCUT2D eigenvalue weighted by Gasteiger charge is 2.51. The van der Waals surface area contributed by atoms with Crippen molar-refractivity contribution >= 4 is 0 Å². The van der Waals surface area contributed by atoms with E-state index in [1.165, 1.54) is 0 Å². The molecule has 0 amide bonds. The molecular weight excluding hydrogens is 266 g/mol. The SMILES string of the molecule is FC(F)C(F)(F)c1n[nH]c(C(F)(F)C(F)F)n1. The number of nitrogens with zero attached hydrogens (tertiary/aromatic N) is 2. The molecule has 0 radical (unpaired) electrons. The molecule has 0 aliphatic rings. The molecule has 1 aromatic heterocycles. The van der Waals surface area contributed by atoms with Gasteiger partial charge in [-0.15, -0.1) is 0 Å². The highest BCUT2D eigenvalue weighted by molar-refractivity contribution is 5.04. The van der Waals surface area contributed by atoms with Crippen LogP contribution in [0.4, 0.5) is 35.1 Å². The van der Waals surface area contributed by atoms with Crippen LogP contribution < -0.4 is 0 Å². The Morgan fingerprint density at radius 3 is 1.76 bits per heavy atom. The number of nitrogens with one attached hydrogen (secondary N) is 1. The summed E-state index contributed by atoms with van der Waals surface area (Å²) in [4.78, 5) is 2.27. The minimum atomic E-state index is -4.90. The van der Waals surface area contributed by atoms with Crippen molar-refractivity contribution < 1.29 is 35.1 Å². The average molecular weight is 269 g/mol. The van der Waals surface area contributed by atoms with E-state index in [0.717, 1.165) is 5.10 Å². The molecule has 1 rings (SSSR count). The lowest BCUT2D eigenvalue weighted by Crippen LogP contribution is -2.27. The predicted molar refractivity (Wildman–Crippen MR) is 36.2 cm³/mol. The normalized spacial score (nSPS) is 13.8. The summed E-state index contributed by atoms with van der Waals surface area (Å²) in [5.41, 5.74) is 0. The minimum absolute atomic E-state index is 1.08. The van der Waals surface area contributed by atoms with E-state index in [4.69, 9.17) is 0 Å². The van der Waals surface area contributed by atoms with E-state index in [9.17, 15) is 35.1 Å². The summed E-state index contributed by atoms with van der Waals surface area (Å²) in [6.07, 6.45) is -8.48. The first-order valence-electron chi connectivity index (χ1n) is 3.85. The highest BCUT2D eigenvalue weighted by atomic mass is 19.3. The third-order valence-electron chi connectivity index (χ3n) is 1.65. The fourth-order valence-electron chi connectivity index (χ4n) is 0.761. The van der Waals surface area contributed by atoms with Crippen molar-refractivity contribution in [2.24, 2.45) is 0 Å². The number of halogens is 8. The van der Waals surface area contributed by atoms with Gasteiger partial charge in [-0.05, 0) is 0 Å². The number of hydrogen-bond donors (Lipinski definition) is 1. The van der Waals surface area contributed by atoms with Crippen LogP contribution in [-0.4, -0.2) is 28.0 Å². The fraction of sp³-hybridized carbons (Fsp3) is 0.667. The summed E-state index contributed by atoms with van der Waals surface area (Å²) in [6.45, 7) is 0. The van der Waals surface area contributed by atoms with Crippen molar-refractivity contribution in [1.29, 1.82) is 0 Å². The number of H-pyrrole nitrogens is 1. The molecule has 0 atom stereocenters. The molecule has 0 bridgehead atoms. The molecule has 0 unspecified atom stereocenters. The van der Waals surface area contributed by atoms with Gasteiger partial charge < -0.3 is 0 Å². The van der Waals surface area contributed by atoms with E-state index < -0.39 is 36.3 Å². The molecular formula is C6H3F8N3. The predicted octanol–water partition coefficient (Wildman–Crippen LogP) is 2.52. The maximum atomic E-state index is 12.6. The molecule has 0 saturated carbocycles. The molecule has 0 spiro atoms. The van der Waals surface area contributed by atoms with Gasteiger partial charge in [0.15, 0.2) is 0 Å². The van der Waals surface area contributed by atoms with E-state index in [2.05, 4.69) is 10.1 Å². The van der Waals surface area contributed by atoms with Crippen LogP contribution in [0.25, 0.3) is 0 Å². The van der Waals surface area contributed by atoms with Crippen molar-refractivity contribution in [2.75, 3.05) is 0 Å². The highest BCUT2D eigenvalue weighted by Crippen LogP contribution is 2.36. The Morgan fingerprint density at radius 2 is 1.35 bits per heavy atom. The smallest absolute Gasteiger partial charge is 0.258 e. The maximum absolute atomic E-state index is 12.6. The van der Waals surface area contributed by atoms with Crippen molar-refractivity contribution in [1.82, 2.24) is 15.2 Å². The Hall–Kier alpha value is -1.42. The lowest BCUT2D eigenvalue weighted by molar-refractivity contribution is -0.145. The van der Waals surface area contributed by atoms with E-state index in [-0.39, 0.29) is 0 Å². The minimum Gasteiger partial charge on any atom is -0.258 e.